The smallest absolute Gasteiger partial charge is 0.230 e. The Morgan fingerprint density at radius 3 is 2.72 bits per heavy atom. The molecule has 1 amide bonds. The van der Waals surface area contributed by atoms with Gasteiger partial charge < -0.3 is 5.32 Å². The minimum atomic E-state index is 0.0657. The third-order valence-electron chi connectivity index (χ3n) is 6.95. The Morgan fingerprint density at radius 1 is 1.28 bits per heavy atom. The van der Waals surface area contributed by atoms with Gasteiger partial charge in [0.2, 0.25) is 5.91 Å². The van der Waals surface area contributed by atoms with Gasteiger partial charge in [0, 0.05) is 12.1 Å². The summed E-state index contributed by atoms with van der Waals surface area (Å²) in [7, 11) is 0. The Morgan fingerprint density at radius 2 is 2.10 bits per heavy atom. The molecule has 1 N–H and O–H groups in total. The van der Waals surface area contributed by atoms with Crippen LogP contribution in [0.5, 0.6) is 0 Å². The number of rotatable bonds is 8. The van der Waals surface area contributed by atoms with Crippen LogP contribution in [0.2, 0.25) is 0 Å². The summed E-state index contributed by atoms with van der Waals surface area (Å²) in [5.74, 6) is 4.26. The number of nitrogens with one attached hydrogen (secondary N) is 1. The molecule has 2 bridgehead atoms. The minimum absolute atomic E-state index is 0.0657. The van der Waals surface area contributed by atoms with Gasteiger partial charge in [-0.15, -0.1) is 21.5 Å². The van der Waals surface area contributed by atoms with Gasteiger partial charge in [-0.25, -0.2) is 0 Å². The van der Waals surface area contributed by atoms with Crippen LogP contribution in [0.3, 0.4) is 0 Å². The molecule has 0 aliphatic heterocycles. The molecule has 0 radical (unpaired) electrons. The normalized spacial score (nSPS) is 25.5. The quantitative estimate of drug-likeness (QED) is 0.578. The lowest BCUT2D eigenvalue weighted by molar-refractivity contribution is -0.119. The monoisotopic (exact) mass is 432 g/mol. The standard InChI is InChI=1S/C22H32N4OS2/c1-13(2)14(3)23-20(27)12-29-22-25-24-21(19-6-5-9-28-19)26(22)15(4)18-11-16-7-8-17(18)10-16/h5-6,9,13-18H,7-8,10-12H2,1-4H3,(H,23,27). The molecule has 7 heteroatoms. The van der Waals surface area contributed by atoms with E-state index in [2.05, 4.69) is 65.3 Å². The number of hydrogen-bond acceptors (Lipinski definition) is 5. The highest BCUT2D eigenvalue weighted by Gasteiger charge is 2.43. The Bertz CT molecular complexity index is 832. The zero-order valence-corrected chi connectivity index (χ0v) is 19.4. The van der Waals surface area contributed by atoms with E-state index >= 15 is 0 Å². The van der Waals surface area contributed by atoms with Crippen molar-refractivity contribution in [1.82, 2.24) is 20.1 Å². The summed E-state index contributed by atoms with van der Waals surface area (Å²) in [4.78, 5) is 13.6. The van der Waals surface area contributed by atoms with Gasteiger partial charge in [-0.05, 0) is 68.2 Å². The van der Waals surface area contributed by atoms with Crippen molar-refractivity contribution in [2.75, 3.05) is 5.75 Å². The van der Waals surface area contributed by atoms with Gasteiger partial charge >= 0.3 is 0 Å². The molecule has 2 aromatic heterocycles. The van der Waals surface area contributed by atoms with Gasteiger partial charge in [-0.3, -0.25) is 9.36 Å². The maximum atomic E-state index is 12.4. The van der Waals surface area contributed by atoms with Crippen LogP contribution in [0.15, 0.2) is 22.7 Å². The molecule has 0 spiro atoms. The maximum absolute atomic E-state index is 12.4. The first-order chi connectivity index (χ1) is 13.9. The lowest BCUT2D eigenvalue weighted by atomic mass is 9.84. The average Bonchev–Trinajstić information content (AvgIpc) is 3.49. The third kappa shape index (κ3) is 4.41. The van der Waals surface area contributed by atoms with Crippen LogP contribution in [0.4, 0.5) is 0 Å². The second kappa shape index (κ2) is 8.80. The summed E-state index contributed by atoms with van der Waals surface area (Å²) in [6.45, 7) is 8.64. The van der Waals surface area contributed by atoms with Crippen LogP contribution in [0, 0.1) is 23.7 Å². The number of nitrogens with zero attached hydrogens (tertiary/aromatic N) is 3. The molecule has 2 aliphatic rings. The molecule has 2 aromatic rings. The van der Waals surface area contributed by atoms with Crippen LogP contribution in [0.25, 0.3) is 10.7 Å². The van der Waals surface area contributed by atoms with E-state index in [1.54, 1.807) is 11.3 Å². The first-order valence-corrected chi connectivity index (χ1v) is 12.7. The SMILES string of the molecule is CC(C)C(C)NC(=O)CSc1nnc(-c2cccs2)n1C(C)C1CC2CCC1C2. The molecule has 0 saturated heterocycles. The number of amides is 1. The first kappa shape index (κ1) is 20.9. The van der Waals surface area contributed by atoms with Crippen LogP contribution >= 0.6 is 23.1 Å². The summed E-state index contributed by atoms with van der Waals surface area (Å²) < 4.78 is 2.32. The molecule has 2 fully saturated rings. The lowest BCUT2D eigenvalue weighted by Crippen LogP contribution is -2.37. The second-order valence-electron chi connectivity index (χ2n) is 9.12. The largest absolute Gasteiger partial charge is 0.353 e. The molecule has 5 unspecified atom stereocenters. The van der Waals surface area contributed by atoms with Crippen molar-refractivity contribution in [3.05, 3.63) is 17.5 Å². The molecule has 2 heterocycles. The summed E-state index contributed by atoms with van der Waals surface area (Å²) in [6, 6.07) is 4.71. The van der Waals surface area contributed by atoms with Crippen molar-refractivity contribution in [3.8, 4) is 10.7 Å². The van der Waals surface area contributed by atoms with Crippen molar-refractivity contribution in [3.63, 3.8) is 0 Å². The molecule has 4 rings (SSSR count). The van der Waals surface area contributed by atoms with Gasteiger partial charge in [0.05, 0.1) is 10.6 Å². The molecule has 29 heavy (non-hydrogen) atoms. The summed E-state index contributed by atoms with van der Waals surface area (Å²) in [5, 5.41) is 15.1. The number of carbonyl (C=O) groups excluding carboxylic acids is 1. The number of carbonyl (C=O) groups is 1. The van der Waals surface area contributed by atoms with Gasteiger partial charge in [0.1, 0.15) is 0 Å². The molecule has 5 nitrogen and oxygen atoms in total. The number of aromatic nitrogens is 3. The molecular formula is C22H32N4OS2. The fraction of sp³-hybridized carbons (Fsp3) is 0.682. The minimum Gasteiger partial charge on any atom is -0.353 e. The van der Waals surface area contributed by atoms with E-state index in [0.717, 1.165) is 27.7 Å². The zero-order chi connectivity index (χ0) is 20.5. The van der Waals surface area contributed by atoms with Crippen molar-refractivity contribution in [2.45, 2.75) is 70.6 Å². The molecule has 5 atom stereocenters. The Labute approximate surface area is 182 Å². The highest BCUT2D eigenvalue weighted by Crippen LogP contribution is 2.53. The second-order valence-corrected chi connectivity index (χ2v) is 11.0. The van der Waals surface area contributed by atoms with Crippen LogP contribution in [0.1, 0.15) is 59.4 Å². The molecule has 2 aliphatic carbocycles. The van der Waals surface area contributed by atoms with Crippen LogP contribution < -0.4 is 5.32 Å². The number of fused-ring (bicyclic) bond motifs is 2. The van der Waals surface area contributed by atoms with Gasteiger partial charge in [0.15, 0.2) is 11.0 Å². The number of thioether (sulfide) groups is 1. The molecule has 0 aromatic carbocycles. The van der Waals surface area contributed by atoms with Crippen LogP contribution in [-0.2, 0) is 4.79 Å². The van der Waals surface area contributed by atoms with E-state index in [-0.39, 0.29) is 11.9 Å². The average molecular weight is 433 g/mol. The van der Waals surface area contributed by atoms with Gasteiger partial charge in [-0.2, -0.15) is 0 Å². The van der Waals surface area contributed by atoms with E-state index in [1.807, 2.05) is 0 Å². The van der Waals surface area contributed by atoms with Crippen molar-refractivity contribution < 1.29 is 4.79 Å². The lowest BCUT2D eigenvalue weighted by Gasteiger charge is -2.30. The molecule has 158 valence electrons. The zero-order valence-electron chi connectivity index (χ0n) is 17.8. The Kier molecular flexibility index (Phi) is 6.35. The van der Waals surface area contributed by atoms with E-state index in [0.29, 0.717) is 23.6 Å². The van der Waals surface area contributed by atoms with Crippen molar-refractivity contribution >= 4 is 29.0 Å². The third-order valence-corrected chi connectivity index (χ3v) is 8.76. The van der Waals surface area contributed by atoms with Crippen molar-refractivity contribution in [1.29, 1.82) is 0 Å². The molecule has 2 saturated carbocycles. The Hall–Kier alpha value is -1.34. The number of thiophene rings is 1. The summed E-state index contributed by atoms with van der Waals surface area (Å²) >= 11 is 3.22. The highest BCUT2D eigenvalue weighted by molar-refractivity contribution is 7.99. The number of hydrogen-bond donors (Lipinski definition) is 1. The predicted octanol–water partition coefficient (Wildman–Crippen LogP) is 5.26. The highest BCUT2D eigenvalue weighted by atomic mass is 32.2. The van der Waals surface area contributed by atoms with Crippen LogP contribution in [-0.4, -0.2) is 32.5 Å². The topological polar surface area (TPSA) is 59.8 Å². The van der Waals surface area contributed by atoms with Crippen molar-refractivity contribution in [2.24, 2.45) is 23.7 Å². The summed E-state index contributed by atoms with van der Waals surface area (Å²) in [6.07, 6.45) is 5.49. The van der Waals surface area contributed by atoms with Gasteiger partial charge in [0.25, 0.3) is 0 Å². The van der Waals surface area contributed by atoms with E-state index in [4.69, 9.17) is 0 Å². The maximum Gasteiger partial charge on any atom is 0.230 e. The van der Waals surface area contributed by atoms with Gasteiger partial charge in [-0.1, -0.05) is 38.1 Å². The van der Waals surface area contributed by atoms with E-state index in [1.165, 1.54) is 37.4 Å². The fourth-order valence-electron chi connectivity index (χ4n) is 4.98. The fourth-order valence-corrected chi connectivity index (χ4v) is 6.52. The van der Waals surface area contributed by atoms with E-state index in [9.17, 15) is 4.79 Å². The summed E-state index contributed by atoms with van der Waals surface area (Å²) in [5.41, 5.74) is 0. The predicted molar refractivity (Wildman–Crippen MR) is 120 cm³/mol. The molecular weight excluding hydrogens is 400 g/mol. The first-order valence-electron chi connectivity index (χ1n) is 10.8. The Balaban J connectivity index is 1.53. The van der Waals surface area contributed by atoms with E-state index < -0.39 is 0 Å².